The van der Waals surface area contributed by atoms with E-state index in [1.54, 1.807) is 31.4 Å². The number of hydrogen-bond donors (Lipinski definition) is 1. The van der Waals surface area contributed by atoms with E-state index in [9.17, 15) is 9.59 Å². The predicted molar refractivity (Wildman–Crippen MR) is 66.9 cm³/mol. The average Bonchev–Trinajstić information content (AvgIpc) is 2.37. The Balaban J connectivity index is 0.000000686. The molecule has 0 saturated carbocycles. The molecule has 0 radical (unpaired) electrons. The zero-order chi connectivity index (χ0) is 12.8. The van der Waals surface area contributed by atoms with Gasteiger partial charge in [0.2, 0.25) is 0 Å². The molecular formula is C12H15N3O2. The molecule has 2 heterocycles. The first-order valence-electron chi connectivity index (χ1n) is 5.40. The first-order chi connectivity index (χ1) is 8.18. The van der Waals surface area contributed by atoms with E-state index in [-0.39, 0.29) is 0 Å². The number of nitrogens with zero attached hydrogens (tertiary/aromatic N) is 2. The van der Waals surface area contributed by atoms with Crippen LogP contribution in [-0.2, 0) is 7.05 Å². The summed E-state index contributed by atoms with van der Waals surface area (Å²) in [5.74, 6) is 0. The summed E-state index contributed by atoms with van der Waals surface area (Å²) >= 11 is 0. The molecule has 5 nitrogen and oxygen atoms in total. The molecule has 0 aliphatic carbocycles. The monoisotopic (exact) mass is 233 g/mol. The number of aryl methyl sites for hydroxylation is 1. The summed E-state index contributed by atoms with van der Waals surface area (Å²) in [6, 6.07) is 5.27. The predicted octanol–water partition coefficient (Wildman–Crippen LogP) is 1.16. The van der Waals surface area contributed by atoms with E-state index in [1.165, 1.54) is 10.8 Å². The number of nitrogens with one attached hydrogen (secondary N) is 1. The highest BCUT2D eigenvalue weighted by molar-refractivity contribution is 5.55. The lowest BCUT2D eigenvalue weighted by molar-refractivity contribution is 0.801. The molecular weight excluding hydrogens is 218 g/mol. The van der Waals surface area contributed by atoms with Crippen LogP contribution in [-0.4, -0.2) is 14.5 Å². The Morgan fingerprint density at radius 3 is 2.53 bits per heavy atom. The second kappa shape index (κ2) is 5.79. The van der Waals surface area contributed by atoms with Crippen molar-refractivity contribution in [2.75, 3.05) is 0 Å². The van der Waals surface area contributed by atoms with Crippen molar-refractivity contribution < 1.29 is 0 Å². The average molecular weight is 233 g/mol. The third-order valence-electron chi connectivity index (χ3n) is 2.05. The fourth-order valence-electron chi connectivity index (χ4n) is 1.27. The summed E-state index contributed by atoms with van der Waals surface area (Å²) < 4.78 is 1.31. The Morgan fingerprint density at radius 2 is 1.94 bits per heavy atom. The Kier molecular flexibility index (Phi) is 4.39. The van der Waals surface area contributed by atoms with Gasteiger partial charge in [0, 0.05) is 19.4 Å². The summed E-state index contributed by atoms with van der Waals surface area (Å²) in [4.78, 5) is 28.9. The van der Waals surface area contributed by atoms with Crippen LogP contribution in [0.2, 0.25) is 0 Å². The lowest BCUT2D eigenvalue weighted by Crippen LogP contribution is -2.28. The van der Waals surface area contributed by atoms with Gasteiger partial charge in [-0.05, 0) is 12.1 Å². The number of pyridine rings is 1. The zero-order valence-corrected chi connectivity index (χ0v) is 10.1. The highest BCUT2D eigenvalue weighted by Gasteiger charge is 2.05. The van der Waals surface area contributed by atoms with E-state index in [0.717, 1.165) is 0 Å². The molecule has 0 fully saturated rings. The van der Waals surface area contributed by atoms with Crippen molar-refractivity contribution in [2.24, 2.45) is 7.05 Å². The molecule has 0 spiro atoms. The minimum atomic E-state index is -0.431. The van der Waals surface area contributed by atoms with Gasteiger partial charge in [0.15, 0.2) is 0 Å². The maximum absolute atomic E-state index is 11.5. The lowest BCUT2D eigenvalue weighted by atomic mass is 10.2. The molecule has 0 unspecified atom stereocenters. The molecule has 0 atom stereocenters. The second-order valence-corrected chi connectivity index (χ2v) is 3.13. The Labute approximate surface area is 98.8 Å². The Bertz CT molecular complexity index is 585. The molecule has 5 heteroatoms. The molecule has 0 amide bonds. The summed E-state index contributed by atoms with van der Waals surface area (Å²) in [5.41, 5.74) is 0.0866. The SMILES string of the molecule is CC.Cn1cc(-c2ccccn2)c(=O)[nH]c1=O. The van der Waals surface area contributed by atoms with Crippen LogP contribution < -0.4 is 11.2 Å². The van der Waals surface area contributed by atoms with Gasteiger partial charge in [-0.15, -0.1) is 0 Å². The topological polar surface area (TPSA) is 67.8 Å². The Morgan fingerprint density at radius 1 is 1.24 bits per heavy atom. The van der Waals surface area contributed by atoms with Gasteiger partial charge in [-0.2, -0.15) is 0 Å². The van der Waals surface area contributed by atoms with Crippen LogP contribution in [0.4, 0.5) is 0 Å². The summed E-state index contributed by atoms with van der Waals surface area (Å²) in [6.07, 6.45) is 3.07. The zero-order valence-electron chi connectivity index (χ0n) is 10.1. The first-order valence-corrected chi connectivity index (χ1v) is 5.40. The van der Waals surface area contributed by atoms with Gasteiger partial charge < -0.3 is 4.57 Å². The molecule has 0 saturated heterocycles. The minimum Gasteiger partial charge on any atom is -0.303 e. The van der Waals surface area contributed by atoms with E-state index < -0.39 is 11.2 Å². The molecule has 17 heavy (non-hydrogen) atoms. The van der Waals surface area contributed by atoms with Crippen molar-refractivity contribution in [2.45, 2.75) is 13.8 Å². The minimum absolute atomic E-state index is 0.387. The van der Waals surface area contributed by atoms with Gasteiger partial charge in [-0.1, -0.05) is 19.9 Å². The smallest absolute Gasteiger partial charge is 0.303 e. The van der Waals surface area contributed by atoms with E-state index >= 15 is 0 Å². The Hall–Kier alpha value is -2.17. The quantitative estimate of drug-likeness (QED) is 0.803. The largest absolute Gasteiger partial charge is 0.328 e. The molecule has 0 aromatic carbocycles. The van der Waals surface area contributed by atoms with Gasteiger partial charge in [-0.3, -0.25) is 14.8 Å². The molecule has 0 aliphatic heterocycles. The van der Waals surface area contributed by atoms with Crippen LogP contribution in [0.1, 0.15) is 13.8 Å². The van der Waals surface area contributed by atoms with E-state index in [4.69, 9.17) is 0 Å². The summed E-state index contributed by atoms with van der Waals surface area (Å²) in [5, 5.41) is 0. The van der Waals surface area contributed by atoms with Crippen molar-refractivity contribution in [1.82, 2.24) is 14.5 Å². The van der Waals surface area contributed by atoms with Crippen LogP contribution in [0.3, 0.4) is 0 Å². The molecule has 90 valence electrons. The van der Waals surface area contributed by atoms with Crippen molar-refractivity contribution >= 4 is 0 Å². The van der Waals surface area contributed by atoms with Gasteiger partial charge >= 0.3 is 5.69 Å². The number of hydrogen-bond acceptors (Lipinski definition) is 3. The van der Waals surface area contributed by atoms with Crippen molar-refractivity contribution in [1.29, 1.82) is 0 Å². The normalized spacial score (nSPS) is 9.35. The van der Waals surface area contributed by atoms with Crippen LogP contribution in [0.25, 0.3) is 11.3 Å². The number of H-pyrrole nitrogens is 1. The van der Waals surface area contributed by atoms with Crippen LogP contribution in [0.5, 0.6) is 0 Å². The van der Waals surface area contributed by atoms with E-state index in [0.29, 0.717) is 11.3 Å². The molecule has 0 bridgehead atoms. The number of aromatic nitrogens is 3. The number of aromatic amines is 1. The second-order valence-electron chi connectivity index (χ2n) is 3.13. The molecule has 0 aliphatic rings. The summed E-state index contributed by atoms with van der Waals surface area (Å²) in [7, 11) is 1.57. The van der Waals surface area contributed by atoms with Gasteiger partial charge in [-0.25, -0.2) is 4.79 Å². The van der Waals surface area contributed by atoms with Crippen molar-refractivity contribution in [3.8, 4) is 11.3 Å². The fraction of sp³-hybridized carbons (Fsp3) is 0.250. The highest BCUT2D eigenvalue weighted by Crippen LogP contribution is 2.08. The van der Waals surface area contributed by atoms with Gasteiger partial charge in [0.05, 0.1) is 11.3 Å². The maximum Gasteiger partial charge on any atom is 0.328 e. The molecule has 1 N–H and O–H groups in total. The summed E-state index contributed by atoms with van der Waals surface area (Å²) in [6.45, 7) is 4.00. The third-order valence-corrected chi connectivity index (χ3v) is 2.05. The van der Waals surface area contributed by atoms with Gasteiger partial charge in [0.25, 0.3) is 5.56 Å². The molecule has 2 aromatic heterocycles. The van der Waals surface area contributed by atoms with E-state index in [2.05, 4.69) is 9.97 Å². The standard InChI is InChI=1S/C10H9N3O2.C2H6/c1-13-6-7(9(14)12-10(13)15)8-4-2-3-5-11-8;1-2/h2-6H,1H3,(H,12,14,15);1-2H3. The van der Waals surface area contributed by atoms with E-state index in [1.807, 2.05) is 13.8 Å². The third kappa shape index (κ3) is 2.90. The van der Waals surface area contributed by atoms with Crippen LogP contribution in [0.15, 0.2) is 40.2 Å². The van der Waals surface area contributed by atoms with Gasteiger partial charge in [0.1, 0.15) is 0 Å². The highest BCUT2D eigenvalue weighted by atomic mass is 16.2. The molecule has 2 rings (SSSR count). The lowest BCUT2D eigenvalue weighted by Gasteiger charge is -2.01. The first kappa shape index (κ1) is 12.9. The number of rotatable bonds is 1. The fourth-order valence-corrected chi connectivity index (χ4v) is 1.27. The van der Waals surface area contributed by atoms with Crippen molar-refractivity contribution in [3.63, 3.8) is 0 Å². The van der Waals surface area contributed by atoms with Crippen LogP contribution in [0, 0.1) is 0 Å². The maximum atomic E-state index is 11.5. The van der Waals surface area contributed by atoms with Crippen molar-refractivity contribution in [3.05, 3.63) is 51.4 Å². The molecule has 2 aromatic rings. The van der Waals surface area contributed by atoms with Crippen LogP contribution >= 0.6 is 0 Å².